The van der Waals surface area contributed by atoms with Crippen LogP contribution in [0.2, 0.25) is 0 Å². The molecule has 166 valence electrons. The van der Waals surface area contributed by atoms with Crippen LogP contribution in [-0.2, 0) is 10.0 Å². The minimum atomic E-state index is -3.83. The topological polar surface area (TPSA) is 86.6 Å². The number of sulfonamides is 1. The summed E-state index contributed by atoms with van der Waals surface area (Å²) in [4.78, 5) is 12.4. The third kappa shape index (κ3) is 4.09. The molecular formula is C22H26N2O5S2. The Morgan fingerprint density at radius 2 is 1.97 bits per heavy atom. The number of hydrogen-bond acceptors (Lipinski definition) is 6. The first-order valence-corrected chi connectivity index (χ1v) is 12.3. The van der Waals surface area contributed by atoms with Gasteiger partial charge in [-0.1, -0.05) is 17.4 Å². The van der Waals surface area contributed by atoms with E-state index in [2.05, 4.69) is 4.72 Å². The van der Waals surface area contributed by atoms with E-state index in [1.54, 1.807) is 42.0 Å². The van der Waals surface area contributed by atoms with Crippen molar-refractivity contribution in [2.75, 3.05) is 7.11 Å². The highest BCUT2D eigenvalue weighted by Crippen LogP contribution is 2.42. The van der Waals surface area contributed by atoms with Gasteiger partial charge in [0.05, 0.1) is 28.3 Å². The van der Waals surface area contributed by atoms with E-state index in [-0.39, 0.29) is 15.8 Å². The molecule has 0 radical (unpaired) electrons. The summed E-state index contributed by atoms with van der Waals surface area (Å²) in [6, 6.07) is 9.76. The predicted molar refractivity (Wildman–Crippen MR) is 122 cm³/mol. The zero-order valence-electron chi connectivity index (χ0n) is 18.1. The Morgan fingerprint density at radius 1 is 1.23 bits per heavy atom. The lowest BCUT2D eigenvalue weighted by Gasteiger charge is -2.37. The average molecular weight is 463 g/mol. The maximum absolute atomic E-state index is 13.3. The number of thiazole rings is 1. The van der Waals surface area contributed by atoms with Gasteiger partial charge in [-0.15, -0.1) is 0 Å². The van der Waals surface area contributed by atoms with Crippen LogP contribution in [0.3, 0.4) is 0 Å². The van der Waals surface area contributed by atoms with Gasteiger partial charge in [0.1, 0.15) is 17.1 Å². The molecular weight excluding hydrogens is 436 g/mol. The zero-order valence-corrected chi connectivity index (χ0v) is 19.8. The normalized spacial score (nSPS) is 18.1. The third-order valence-electron chi connectivity index (χ3n) is 5.39. The van der Waals surface area contributed by atoms with Crippen molar-refractivity contribution in [2.24, 2.45) is 0 Å². The summed E-state index contributed by atoms with van der Waals surface area (Å²) >= 11 is 1.06. The van der Waals surface area contributed by atoms with Gasteiger partial charge in [-0.05, 0) is 52.0 Å². The number of rotatable bonds is 5. The molecule has 0 amide bonds. The monoisotopic (exact) mass is 462 g/mol. The maximum Gasteiger partial charge on any atom is 0.308 e. The first-order chi connectivity index (χ1) is 14.5. The van der Waals surface area contributed by atoms with Crippen LogP contribution in [0.1, 0.15) is 51.8 Å². The molecule has 4 rings (SSSR count). The molecule has 0 bridgehead atoms. The van der Waals surface area contributed by atoms with E-state index in [0.29, 0.717) is 22.6 Å². The van der Waals surface area contributed by atoms with E-state index in [9.17, 15) is 13.2 Å². The lowest BCUT2D eigenvalue weighted by atomic mass is 9.90. The van der Waals surface area contributed by atoms with Crippen LogP contribution < -0.4 is 19.1 Å². The van der Waals surface area contributed by atoms with Crippen molar-refractivity contribution in [2.45, 2.75) is 56.7 Å². The van der Waals surface area contributed by atoms with Crippen LogP contribution in [0.25, 0.3) is 10.2 Å². The van der Waals surface area contributed by atoms with Crippen LogP contribution in [0.4, 0.5) is 0 Å². The lowest BCUT2D eigenvalue weighted by molar-refractivity contribution is 0.0699. The van der Waals surface area contributed by atoms with Crippen molar-refractivity contribution in [3.8, 4) is 11.5 Å². The highest BCUT2D eigenvalue weighted by atomic mass is 32.2. The number of methoxy groups -OCH3 is 1. The number of ether oxygens (including phenoxy) is 2. The summed E-state index contributed by atoms with van der Waals surface area (Å²) in [5.74, 6) is 1.25. The van der Waals surface area contributed by atoms with E-state index in [0.717, 1.165) is 22.4 Å². The van der Waals surface area contributed by atoms with Gasteiger partial charge < -0.3 is 9.47 Å². The van der Waals surface area contributed by atoms with Gasteiger partial charge in [0.2, 0.25) is 10.0 Å². The van der Waals surface area contributed by atoms with Gasteiger partial charge in [-0.3, -0.25) is 9.36 Å². The van der Waals surface area contributed by atoms with Gasteiger partial charge in [0, 0.05) is 24.1 Å². The number of nitrogens with zero attached hydrogens (tertiary/aromatic N) is 1. The fourth-order valence-corrected chi connectivity index (χ4v) is 6.36. The van der Waals surface area contributed by atoms with Gasteiger partial charge in [-0.2, -0.15) is 0 Å². The number of hydrogen-bond donors (Lipinski definition) is 1. The molecule has 0 unspecified atom stereocenters. The van der Waals surface area contributed by atoms with Crippen molar-refractivity contribution in [3.63, 3.8) is 0 Å². The molecule has 1 aromatic heterocycles. The van der Waals surface area contributed by atoms with Crippen LogP contribution >= 0.6 is 11.3 Å². The smallest absolute Gasteiger partial charge is 0.308 e. The number of fused-ring (bicyclic) bond motifs is 2. The summed E-state index contributed by atoms with van der Waals surface area (Å²) in [5, 5.41) is 0. The van der Waals surface area contributed by atoms with E-state index in [4.69, 9.17) is 9.47 Å². The fourth-order valence-electron chi connectivity index (χ4n) is 3.99. The molecule has 0 saturated heterocycles. The third-order valence-corrected chi connectivity index (χ3v) is 7.77. The average Bonchev–Trinajstić information content (AvgIpc) is 3.01. The second kappa shape index (κ2) is 7.65. The Balaban J connectivity index is 1.71. The summed E-state index contributed by atoms with van der Waals surface area (Å²) in [6.45, 7) is 7.71. The lowest BCUT2D eigenvalue weighted by Crippen LogP contribution is -2.41. The first kappa shape index (κ1) is 21.9. The molecule has 0 saturated carbocycles. The molecule has 0 spiro atoms. The summed E-state index contributed by atoms with van der Waals surface area (Å²) in [7, 11) is -2.25. The highest BCUT2D eigenvalue weighted by molar-refractivity contribution is 7.89. The van der Waals surface area contributed by atoms with Crippen LogP contribution in [0, 0.1) is 0 Å². The van der Waals surface area contributed by atoms with Crippen molar-refractivity contribution < 1.29 is 17.9 Å². The van der Waals surface area contributed by atoms with Gasteiger partial charge in [0.15, 0.2) is 0 Å². The molecule has 1 aliphatic rings. The molecule has 3 aromatic rings. The first-order valence-electron chi connectivity index (χ1n) is 10.0. The highest BCUT2D eigenvalue weighted by Gasteiger charge is 2.36. The molecule has 0 aliphatic carbocycles. The van der Waals surface area contributed by atoms with E-state index in [1.807, 2.05) is 33.8 Å². The van der Waals surface area contributed by atoms with Crippen molar-refractivity contribution in [3.05, 3.63) is 51.6 Å². The molecule has 9 heteroatoms. The zero-order chi connectivity index (χ0) is 22.6. The summed E-state index contributed by atoms with van der Waals surface area (Å²) < 4.78 is 43.0. The van der Waals surface area contributed by atoms with Crippen LogP contribution in [0.15, 0.2) is 46.1 Å². The largest absolute Gasteiger partial charge is 0.497 e. The Labute approximate surface area is 185 Å². The number of aromatic nitrogens is 1. The van der Waals surface area contributed by atoms with Gasteiger partial charge in [-0.25, -0.2) is 13.1 Å². The van der Waals surface area contributed by atoms with Crippen molar-refractivity contribution in [1.82, 2.24) is 9.29 Å². The van der Waals surface area contributed by atoms with E-state index < -0.39 is 21.7 Å². The summed E-state index contributed by atoms with van der Waals surface area (Å²) in [5.41, 5.74) is 0.957. The molecule has 2 aromatic carbocycles. The van der Waals surface area contributed by atoms with Crippen molar-refractivity contribution >= 4 is 31.6 Å². The molecule has 2 heterocycles. The summed E-state index contributed by atoms with van der Waals surface area (Å²) in [6.07, 6.45) is 0.477. The molecule has 7 nitrogen and oxygen atoms in total. The second-order valence-corrected chi connectivity index (χ2v) is 11.3. The Kier molecular flexibility index (Phi) is 5.39. The van der Waals surface area contributed by atoms with E-state index in [1.165, 1.54) is 0 Å². The standard InChI is InChI=1S/C22H26N2O5S2/c1-13(2)24-18-9-7-15(11-20(18)30-21(24)25)31(26,27)23-17-12-22(3,4)29-19-10-14(28-5)6-8-16(17)19/h6-11,13,17,23H,12H2,1-5H3/t17-/m1/s1. The second-order valence-electron chi connectivity index (χ2n) is 8.60. The Bertz CT molecular complexity index is 1310. The Morgan fingerprint density at radius 3 is 2.65 bits per heavy atom. The number of nitrogens with one attached hydrogen (secondary N) is 1. The molecule has 0 fully saturated rings. The Hall–Kier alpha value is -2.36. The molecule has 31 heavy (non-hydrogen) atoms. The van der Waals surface area contributed by atoms with Crippen molar-refractivity contribution in [1.29, 1.82) is 0 Å². The maximum atomic E-state index is 13.3. The predicted octanol–water partition coefficient (Wildman–Crippen LogP) is 4.23. The van der Waals surface area contributed by atoms with Gasteiger partial charge >= 0.3 is 4.87 Å². The SMILES string of the molecule is COc1ccc2c(c1)OC(C)(C)C[C@H]2NS(=O)(=O)c1ccc2c(c1)sc(=O)n2C(C)C. The number of benzene rings is 2. The minimum Gasteiger partial charge on any atom is -0.497 e. The minimum absolute atomic E-state index is 0.000189. The molecule has 1 atom stereocenters. The molecule has 1 aliphatic heterocycles. The van der Waals surface area contributed by atoms with Gasteiger partial charge in [0.25, 0.3) is 0 Å². The van der Waals surface area contributed by atoms with E-state index >= 15 is 0 Å². The quantitative estimate of drug-likeness (QED) is 0.613. The van der Waals surface area contributed by atoms with Crippen LogP contribution in [0.5, 0.6) is 11.5 Å². The van der Waals surface area contributed by atoms with Crippen LogP contribution in [-0.4, -0.2) is 25.7 Å². The fraction of sp³-hybridized carbons (Fsp3) is 0.409. The molecule has 1 N–H and O–H groups in total.